The number of aryl methyl sites for hydroxylation is 2. The van der Waals surface area contributed by atoms with E-state index in [9.17, 15) is 10.1 Å². The van der Waals surface area contributed by atoms with Crippen LogP contribution in [0.25, 0.3) is 10.9 Å². The van der Waals surface area contributed by atoms with Crippen LogP contribution in [0.2, 0.25) is 5.02 Å². The molecule has 1 saturated heterocycles. The maximum atomic E-state index is 13.4. The van der Waals surface area contributed by atoms with E-state index in [0.29, 0.717) is 42.5 Å². The maximum Gasteiger partial charge on any atom is 0.226 e. The van der Waals surface area contributed by atoms with Gasteiger partial charge in [0.25, 0.3) is 0 Å². The summed E-state index contributed by atoms with van der Waals surface area (Å²) in [6.45, 7) is 9.26. The molecule has 1 fully saturated rings. The van der Waals surface area contributed by atoms with Gasteiger partial charge >= 0.3 is 0 Å². The van der Waals surface area contributed by atoms with Crippen molar-refractivity contribution in [3.05, 3.63) is 46.1 Å². The van der Waals surface area contributed by atoms with E-state index >= 15 is 0 Å². The van der Waals surface area contributed by atoms with Crippen LogP contribution in [-0.4, -0.2) is 50.2 Å². The summed E-state index contributed by atoms with van der Waals surface area (Å²) in [5.41, 5.74) is 2.99. The third kappa shape index (κ3) is 3.70. The SMILES string of the molecule is Cc1nc2ccc(Cl)cc2c(N2CC[C@H](C(=O)N3CCn4c(C)nnc4C3)[C@H](C)C2)c1C#N. The van der Waals surface area contributed by atoms with Gasteiger partial charge in [0, 0.05) is 42.5 Å². The van der Waals surface area contributed by atoms with E-state index in [2.05, 4.69) is 37.6 Å². The van der Waals surface area contributed by atoms with Crippen molar-refractivity contribution >= 4 is 34.1 Å². The average Bonchev–Trinajstić information content (AvgIpc) is 3.18. The van der Waals surface area contributed by atoms with E-state index in [4.69, 9.17) is 11.6 Å². The van der Waals surface area contributed by atoms with E-state index in [0.717, 1.165) is 41.2 Å². The molecule has 33 heavy (non-hydrogen) atoms. The lowest BCUT2D eigenvalue weighted by molar-refractivity contribution is -0.139. The van der Waals surface area contributed by atoms with Crippen molar-refractivity contribution in [2.75, 3.05) is 24.5 Å². The highest BCUT2D eigenvalue weighted by Crippen LogP contribution is 2.37. The number of anilines is 1. The highest BCUT2D eigenvalue weighted by atomic mass is 35.5. The molecular formula is C24H26ClN7O. The molecule has 0 aliphatic carbocycles. The molecule has 0 saturated carbocycles. The van der Waals surface area contributed by atoms with Gasteiger partial charge in [0.15, 0.2) is 5.82 Å². The summed E-state index contributed by atoms with van der Waals surface area (Å²) >= 11 is 6.29. The molecule has 5 rings (SSSR count). The maximum absolute atomic E-state index is 13.4. The Labute approximate surface area is 197 Å². The molecule has 3 aromatic rings. The van der Waals surface area contributed by atoms with Crippen LogP contribution in [0.5, 0.6) is 0 Å². The molecule has 4 heterocycles. The van der Waals surface area contributed by atoms with Gasteiger partial charge in [-0.15, -0.1) is 10.2 Å². The number of hydrogen-bond donors (Lipinski definition) is 0. The van der Waals surface area contributed by atoms with E-state index < -0.39 is 0 Å². The first-order valence-corrected chi connectivity index (χ1v) is 11.7. The Hall–Kier alpha value is -3.18. The lowest BCUT2D eigenvalue weighted by Gasteiger charge is -2.40. The molecule has 2 aromatic heterocycles. The molecule has 170 valence electrons. The third-order valence-corrected chi connectivity index (χ3v) is 7.24. The molecule has 2 aliphatic heterocycles. The van der Waals surface area contributed by atoms with E-state index in [1.165, 1.54) is 0 Å². The number of benzene rings is 1. The summed E-state index contributed by atoms with van der Waals surface area (Å²) in [4.78, 5) is 22.2. The highest BCUT2D eigenvalue weighted by molar-refractivity contribution is 6.31. The number of hydrogen-bond acceptors (Lipinski definition) is 6. The molecule has 0 bridgehead atoms. The molecular weight excluding hydrogens is 438 g/mol. The first kappa shape index (κ1) is 21.7. The summed E-state index contributed by atoms with van der Waals surface area (Å²) in [5.74, 6) is 2.02. The monoisotopic (exact) mass is 463 g/mol. The van der Waals surface area contributed by atoms with Gasteiger partial charge in [0.1, 0.15) is 11.9 Å². The Morgan fingerprint density at radius 1 is 1.21 bits per heavy atom. The molecule has 1 amide bonds. The van der Waals surface area contributed by atoms with Crippen molar-refractivity contribution in [1.82, 2.24) is 24.6 Å². The van der Waals surface area contributed by atoms with Crippen molar-refractivity contribution in [3.8, 4) is 6.07 Å². The Morgan fingerprint density at radius 2 is 2.03 bits per heavy atom. The summed E-state index contributed by atoms with van der Waals surface area (Å²) in [6.07, 6.45) is 0.733. The third-order valence-electron chi connectivity index (χ3n) is 7.00. The number of carbonyl (C=O) groups is 1. The zero-order chi connectivity index (χ0) is 23.3. The number of pyridine rings is 1. The Balaban J connectivity index is 1.39. The molecule has 0 spiro atoms. The summed E-state index contributed by atoms with van der Waals surface area (Å²) in [6, 6.07) is 7.94. The number of fused-ring (bicyclic) bond motifs is 2. The van der Waals surface area contributed by atoms with E-state index in [1.54, 1.807) is 0 Å². The van der Waals surface area contributed by atoms with Crippen molar-refractivity contribution in [1.29, 1.82) is 5.26 Å². The van der Waals surface area contributed by atoms with Gasteiger partial charge in [0.2, 0.25) is 5.91 Å². The van der Waals surface area contributed by atoms with Crippen LogP contribution in [0.3, 0.4) is 0 Å². The van der Waals surface area contributed by atoms with Crippen LogP contribution in [0.4, 0.5) is 5.69 Å². The highest BCUT2D eigenvalue weighted by Gasteiger charge is 2.36. The van der Waals surface area contributed by atoms with Gasteiger partial charge in [0.05, 0.1) is 29.0 Å². The van der Waals surface area contributed by atoms with Crippen molar-refractivity contribution in [3.63, 3.8) is 0 Å². The Bertz CT molecular complexity index is 1290. The number of halogens is 1. The first-order chi connectivity index (χ1) is 15.9. The lowest BCUT2D eigenvalue weighted by Crippen LogP contribution is -2.49. The molecule has 1 aromatic carbocycles. The predicted molar refractivity (Wildman–Crippen MR) is 126 cm³/mol. The van der Waals surface area contributed by atoms with Crippen LogP contribution in [0.1, 0.15) is 36.3 Å². The molecule has 9 heteroatoms. The number of piperidine rings is 1. The smallest absolute Gasteiger partial charge is 0.226 e. The lowest BCUT2D eigenvalue weighted by atomic mass is 9.85. The van der Waals surface area contributed by atoms with Gasteiger partial charge in [-0.2, -0.15) is 5.26 Å². The van der Waals surface area contributed by atoms with Crippen molar-refractivity contribution < 1.29 is 4.79 Å². The van der Waals surface area contributed by atoms with E-state index in [-0.39, 0.29) is 17.7 Å². The van der Waals surface area contributed by atoms with Gasteiger partial charge in [-0.3, -0.25) is 9.78 Å². The van der Waals surface area contributed by atoms with Crippen LogP contribution in [0, 0.1) is 37.0 Å². The molecule has 2 aliphatic rings. The standard InChI is InChI=1S/C24H26ClN7O/c1-14-12-30(23-19-10-17(25)4-5-21(19)27-15(2)20(23)11-26)7-6-18(14)24(33)31-8-9-32-16(3)28-29-22(32)13-31/h4-5,10,14,18H,6-9,12-13H2,1-3H3/t14-,18+/m1/s1. The second kappa shape index (κ2) is 8.31. The van der Waals surface area contributed by atoms with Crippen LogP contribution >= 0.6 is 11.6 Å². The van der Waals surface area contributed by atoms with Gasteiger partial charge in [-0.1, -0.05) is 18.5 Å². The molecule has 0 unspecified atom stereocenters. The van der Waals surface area contributed by atoms with Crippen molar-refractivity contribution in [2.24, 2.45) is 11.8 Å². The van der Waals surface area contributed by atoms with Gasteiger partial charge in [-0.05, 0) is 44.4 Å². The topological polar surface area (TPSA) is 90.9 Å². The molecule has 2 atom stereocenters. The van der Waals surface area contributed by atoms with Gasteiger partial charge in [-0.25, -0.2) is 0 Å². The van der Waals surface area contributed by atoms with Gasteiger partial charge < -0.3 is 14.4 Å². The first-order valence-electron chi connectivity index (χ1n) is 11.3. The van der Waals surface area contributed by atoms with E-state index in [1.807, 2.05) is 36.9 Å². The normalized spacial score (nSPS) is 20.6. The second-order valence-corrected chi connectivity index (χ2v) is 9.52. The minimum absolute atomic E-state index is 0.0554. The Kier molecular flexibility index (Phi) is 5.45. The largest absolute Gasteiger partial charge is 0.370 e. The summed E-state index contributed by atoms with van der Waals surface area (Å²) in [5, 5.41) is 19.8. The summed E-state index contributed by atoms with van der Waals surface area (Å²) < 4.78 is 2.08. The minimum atomic E-state index is -0.0554. The number of rotatable bonds is 2. The Morgan fingerprint density at radius 3 is 2.79 bits per heavy atom. The number of nitrogens with zero attached hydrogens (tertiary/aromatic N) is 7. The number of carbonyl (C=O) groups excluding carboxylic acids is 1. The number of aromatic nitrogens is 4. The number of amides is 1. The summed E-state index contributed by atoms with van der Waals surface area (Å²) in [7, 11) is 0. The van der Waals surface area contributed by atoms with Crippen molar-refractivity contribution in [2.45, 2.75) is 40.3 Å². The van der Waals surface area contributed by atoms with Crippen LogP contribution < -0.4 is 4.90 Å². The fourth-order valence-corrected chi connectivity index (χ4v) is 5.41. The molecule has 0 N–H and O–H groups in total. The molecule has 0 radical (unpaired) electrons. The quantitative estimate of drug-likeness (QED) is 0.578. The van der Waals surface area contributed by atoms with Crippen LogP contribution in [0.15, 0.2) is 18.2 Å². The zero-order valence-electron chi connectivity index (χ0n) is 19.0. The predicted octanol–water partition coefficient (Wildman–Crippen LogP) is 3.47. The molecule has 8 nitrogen and oxygen atoms in total. The average molecular weight is 464 g/mol. The minimum Gasteiger partial charge on any atom is -0.370 e. The second-order valence-electron chi connectivity index (χ2n) is 9.09. The fraction of sp³-hybridized carbons (Fsp3) is 0.458. The fourth-order valence-electron chi connectivity index (χ4n) is 5.24. The zero-order valence-corrected chi connectivity index (χ0v) is 19.8. The van der Waals surface area contributed by atoms with Crippen LogP contribution in [-0.2, 0) is 17.9 Å². The number of nitriles is 1.